The van der Waals surface area contributed by atoms with Crippen molar-refractivity contribution in [2.45, 2.75) is 19.4 Å². The summed E-state index contributed by atoms with van der Waals surface area (Å²) in [5.74, 6) is -1.13. The van der Waals surface area contributed by atoms with Crippen LogP contribution in [0.25, 0.3) is 0 Å². The Kier molecular flexibility index (Phi) is 5.93. The van der Waals surface area contributed by atoms with Gasteiger partial charge in [-0.2, -0.15) is 0 Å². The fraction of sp³-hybridized carbons (Fsp3) is 0.333. The molecule has 1 unspecified atom stereocenters. The second kappa shape index (κ2) is 7.67. The summed E-state index contributed by atoms with van der Waals surface area (Å²) in [6.07, 6.45) is 3.16. The minimum Gasteiger partial charge on any atom is -0.481 e. The van der Waals surface area contributed by atoms with Crippen molar-refractivity contribution in [3.63, 3.8) is 0 Å². The van der Waals surface area contributed by atoms with E-state index in [1.54, 1.807) is 44.6 Å². The number of aromatic nitrogens is 2. The molecule has 7 nitrogen and oxygen atoms in total. The maximum atomic E-state index is 13.4. The Bertz CT molecular complexity index is 859. The number of nitrogen functional groups attached to an aromatic ring is 1. The summed E-state index contributed by atoms with van der Waals surface area (Å²) in [5.41, 5.74) is 5.20. The molecule has 137 valence electrons. The molecule has 27 heavy (non-hydrogen) atoms. The fourth-order valence-corrected chi connectivity index (χ4v) is 3.02. The number of nitrogens with two attached hydrogens (primary N) is 1. The normalized spacial score (nSPS) is 19.0. The van der Waals surface area contributed by atoms with Crippen LogP contribution in [0, 0.1) is 11.2 Å². The summed E-state index contributed by atoms with van der Waals surface area (Å²) in [5, 5.41) is 9.38. The first-order chi connectivity index (χ1) is 12.2. The molecule has 0 saturated heterocycles. The van der Waals surface area contributed by atoms with E-state index in [1.165, 1.54) is 12.1 Å². The minimum atomic E-state index is -0.949. The van der Waals surface area contributed by atoms with Crippen LogP contribution in [-0.4, -0.2) is 64.2 Å². The number of hydrogen-bond acceptors (Lipinski definition) is 6. The molecule has 1 aromatic carbocycles. The topological polar surface area (TPSA) is 105 Å². The number of carboxylic acids is 1. The zero-order chi connectivity index (χ0) is 18.9. The van der Waals surface area contributed by atoms with Gasteiger partial charge in [0.15, 0.2) is 0 Å². The standard InChI is InChI=1S/C18H20FN5O2.Li/c1-17(2,15(25)26)9-24-10-18(22-11-24,12-3-5-13(19)6-4-12)14-7-8-21-16(20)23-14;/h3-8,11H,9-10H2,1-2H3,(H,25,26)(H2,20,21,23);. The molecule has 3 N–H and O–H groups in total. The van der Waals surface area contributed by atoms with Gasteiger partial charge in [0.2, 0.25) is 5.95 Å². The van der Waals surface area contributed by atoms with E-state index in [0.717, 1.165) is 5.56 Å². The Morgan fingerprint density at radius 1 is 1.33 bits per heavy atom. The first-order valence-corrected chi connectivity index (χ1v) is 8.11. The summed E-state index contributed by atoms with van der Waals surface area (Å²) >= 11 is 0. The van der Waals surface area contributed by atoms with Gasteiger partial charge in [0.05, 0.1) is 24.0 Å². The predicted molar refractivity (Wildman–Crippen MR) is 101 cm³/mol. The van der Waals surface area contributed by atoms with E-state index in [0.29, 0.717) is 12.2 Å². The molecule has 2 heterocycles. The van der Waals surface area contributed by atoms with Gasteiger partial charge >= 0.3 is 5.97 Å². The molecule has 9 heteroatoms. The molecule has 1 aliphatic heterocycles. The Balaban J connectivity index is 0.00000261. The van der Waals surface area contributed by atoms with Gasteiger partial charge in [0, 0.05) is 31.6 Å². The van der Waals surface area contributed by atoms with Crippen molar-refractivity contribution in [3.05, 3.63) is 53.6 Å². The molecule has 0 aliphatic carbocycles. The number of carbonyl (C=O) groups is 1. The third-order valence-corrected chi connectivity index (χ3v) is 4.47. The largest absolute Gasteiger partial charge is 0.481 e. The van der Waals surface area contributed by atoms with Crippen LogP contribution in [0.5, 0.6) is 0 Å². The molecule has 1 radical (unpaired) electrons. The maximum absolute atomic E-state index is 13.4. The SMILES string of the molecule is CC(C)(CN1C=NC(c2ccc(F)cc2)(c2ccnc(N)n2)C1)C(=O)O.[Li]. The second-order valence-corrected chi connectivity index (χ2v) is 7.01. The second-order valence-electron chi connectivity index (χ2n) is 7.01. The number of hydrogen-bond donors (Lipinski definition) is 2. The monoisotopic (exact) mass is 364 g/mol. The number of anilines is 1. The van der Waals surface area contributed by atoms with Crippen LogP contribution in [0.3, 0.4) is 0 Å². The van der Waals surface area contributed by atoms with Crippen LogP contribution < -0.4 is 5.73 Å². The zero-order valence-electron chi connectivity index (χ0n) is 15.6. The third kappa shape index (κ3) is 4.12. The summed E-state index contributed by atoms with van der Waals surface area (Å²) in [6, 6.07) is 7.73. The number of carboxylic acid groups (broad SMARTS) is 1. The van der Waals surface area contributed by atoms with Crippen molar-refractivity contribution >= 4 is 37.1 Å². The van der Waals surface area contributed by atoms with Crippen molar-refractivity contribution in [2.24, 2.45) is 10.4 Å². The van der Waals surface area contributed by atoms with Crippen molar-refractivity contribution < 1.29 is 14.3 Å². The quantitative estimate of drug-likeness (QED) is 0.780. The molecule has 3 rings (SSSR count). The average Bonchev–Trinajstić information content (AvgIpc) is 3.00. The van der Waals surface area contributed by atoms with Gasteiger partial charge in [0.1, 0.15) is 11.4 Å². The van der Waals surface area contributed by atoms with Crippen LogP contribution in [0.1, 0.15) is 25.1 Å². The molecular weight excluding hydrogens is 344 g/mol. The number of halogens is 1. The van der Waals surface area contributed by atoms with Crippen LogP contribution in [0.15, 0.2) is 41.5 Å². The van der Waals surface area contributed by atoms with Gasteiger partial charge in [-0.1, -0.05) is 12.1 Å². The molecule has 0 fully saturated rings. The molecule has 0 bridgehead atoms. The molecule has 1 aliphatic rings. The Morgan fingerprint density at radius 3 is 2.59 bits per heavy atom. The van der Waals surface area contributed by atoms with Crippen molar-refractivity contribution in [1.29, 1.82) is 0 Å². The van der Waals surface area contributed by atoms with Crippen molar-refractivity contribution in [3.8, 4) is 0 Å². The van der Waals surface area contributed by atoms with E-state index in [4.69, 9.17) is 5.73 Å². The van der Waals surface area contributed by atoms with Crippen LogP contribution in [0.4, 0.5) is 10.3 Å². The molecule has 1 aromatic heterocycles. The van der Waals surface area contributed by atoms with E-state index in [9.17, 15) is 14.3 Å². The minimum absolute atomic E-state index is 0. The van der Waals surface area contributed by atoms with Gasteiger partial charge < -0.3 is 15.7 Å². The molecular formula is C18H20FLiN5O2. The molecule has 0 amide bonds. The number of rotatable bonds is 5. The number of nitrogens with zero attached hydrogens (tertiary/aromatic N) is 4. The van der Waals surface area contributed by atoms with Gasteiger partial charge in [-0.15, -0.1) is 0 Å². The van der Waals surface area contributed by atoms with E-state index in [1.807, 2.05) is 4.90 Å². The van der Waals surface area contributed by atoms with Gasteiger partial charge in [-0.05, 0) is 37.6 Å². The Labute approximate surface area is 168 Å². The van der Waals surface area contributed by atoms with Gasteiger partial charge in [-0.3, -0.25) is 9.79 Å². The summed E-state index contributed by atoms with van der Waals surface area (Å²) in [6.45, 7) is 3.95. The summed E-state index contributed by atoms with van der Waals surface area (Å²) in [7, 11) is 0. The number of aliphatic imine (C=N–C) groups is 1. The van der Waals surface area contributed by atoms with Crippen LogP contribution in [0.2, 0.25) is 0 Å². The fourth-order valence-electron chi connectivity index (χ4n) is 3.02. The van der Waals surface area contributed by atoms with E-state index in [2.05, 4.69) is 15.0 Å². The maximum Gasteiger partial charge on any atom is 0.310 e. The van der Waals surface area contributed by atoms with Crippen LogP contribution >= 0.6 is 0 Å². The first-order valence-electron chi connectivity index (χ1n) is 8.11. The molecule has 2 aromatic rings. The molecule has 0 saturated carbocycles. The van der Waals surface area contributed by atoms with Gasteiger partial charge in [-0.25, -0.2) is 14.4 Å². The van der Waals surface area contributed by atoms with E-state index >= 15 is 0 Å². The van der Waals surface area contributed by atoms with Crippen molar-refractivity contribution in [2.75, 3.05) is 18.8 Å². The Hall–Kier alpha value is -2.43. The zero-order valence-corrected chi connectivity index (χ0v) is 15.6. The van der Waals surface area contributed by atoms with E-state index < -0.39 is 16.9 Å². The van der Waals surface area contributed by atoms with Crippen LogP contribution in [-0.2, 0) is 10.3 Å². The van der Waals surface area contributed by atoms with Gasteiger partial charge in [0.25, 0.3) is 0 Å². The average molecular weight is 364 g/mol. The third-order valence-electron chi connectivity index (χ3n) is 4.47. The molecule has 1 atom stereocenters. The summed E-state index contributed by atoms with van der Waals surface area (Å²) in [4.78, 5) is 26.1. The number of aliphatic carboxylic acids is 1. The molecule has 0 spiro atoms. The number of benzene rings is 1. The van der Waals surface area contributed by atoms with Crippen molar-refractivity contribution in [1.82, 2.24) is 14.9 Å². The first kappa shape index (κ1) is 20.9. The predicted octanol–water partition coefficient (Wildman–Crippen LogP) is 1.52. The summed E-state index contributed by atoms with van der Waals surface area (Å²) < 4.78 is 13.4. The van der Waals surface area contributed by atoms with E-state index in [-0.39, 0.29) is 37.2 Å². The smallest absolute Gasteiger partial charge is 0.310 e. The Morgan fingerprint density at radius 2 is 2.00 bits per heavy atom.